The first-order valence-electron chi connectivity index (χ1n) is 14.9. The fraction of sp³-hybridized carbons (Fsp3) is 0.897. The molecule has 5 fully saturated rings. The molecule has 0 aromatic carbocycles. The van der Waals surface area contributed by atoms with Crippen LogP contribution in [-0.2, 0) is 19.0 Å². The van der Waals surface area contributed by atoms with Crippen LogP contribution in [-0.4, -0.2) is 120 Å². The van der Waals surface area contributed by atoms with Gasteiger partial charge in [-0.1, -0.05) is 6.92 Å². The molecule has 0 aromatic heterocycles. The second-order valence-corrected chi connectivity index (χ2v) is 13.8. The summed E-state index contributed by atoms with van der Waals surface area (Å²) in [5, 5.41) is 89.6. The van der Waals surface area contributed by atoms with E-state index in [0.29, 0.717) is 19.3 Å². The molecule has 0 spiro atoms. The molecule has 15 atom stereocenters. The van der Waals surface area contributed by atoms with Crippen LogP contribution < -0.4 is 0 Å². The third kappa shape index (κ3) is 3.99. The predicted octanol–water partition coefficient (Wildman–Crippen LogP) is -1.51. The van der Waals surface area contributed by atoms with E-state index in [9.17, 15) is 45.6 Å². The Morgan fingerprint density at radius 3 is 2.41 bits per heavy atom. The predicted molar refractivity (Wildman–Crippen MR) is 139 cm³/mol. The van der Waals surface area contributed by atoms with Crippen molar-refractivity contribution >= 4 is 5.97 Å². The molecule has 2 aliphatic heterocycles. The molecular formula is C29H44O12. The van der Waals surface area contributed by atoms with Crippen molar-refractivity contribution < 1.29 is 59.9 Å². The van der Waals surface area contributed by atoms with Gasteiger partial charge >= 0.3 is 5.97 Å². The molecule has 0 aromatic rings. The van der Waals surface area contributed by atoms with E-state index in [1.165, 1.54) is 13.0 Å². The van der Waals surface area contributed by atoms with Crippen LogP contribution in [0, 0.1) is 28.6 Å². The second-order valence-electron chi connectivity index (χ2n) is 13.8. The molecule has 6 aliphatic rings. The minimum atomic E-state index is -1.67. The summed E-state index contributed by atoms with van der Waals surface area (Å²) in [4.78, 5) is 11.8. The molecule has 6 rings (SSSR count). The fourth-order valence-electron chi connectivity index (χ4n) is 10.1. The summed E-state index contributed by atoms with van der Waals surface area (Å²) in [6, 6.07) is 0. The lowest BCUT2D eigenvalue weighted by molar-refractivity contribution is -0.342. The molecule has 0 unspecified atom stereocenters. The van der Waals surface area contributed by atoms with Gasteiger partial charge in [0.1, 0.15) is 24.9 Å². The van der Waals surface area contributed by atoms with Gasteiger partial charge in [-0.2, -0.15) is 0 Å². The summed E-state index contributed by atoms with van der Waals surface area (Å²) in [5.74, 6) is -1.93. The second kappa shape index (κ2) is 9.91. The SMILES string of the molecule is C[C@@H]1O[C@@H](O[C@@H]2C[C@@H](O)[C@]3(CO)[C@H]4[C@H](O)C[C@]5(C)[C@@H](C6=CC(=O)OC6)CC[C@]5(O)[C@@H]4CC[C@]3(O)C2)[C@H](O)[C@H](O)[C@H]1O. The van der Waals surface area contributed by atoms with Gasteiger partial charge in [0.25, 0.3) is 0 Å². The van der Waals surface area contributed by atoms with E-state index in [1.54, 1.807) is 0 Å². The molecule has 1 saturated heterocycles. The molecule has 4 aliphatic carbocycles. The third-order valence-electron chi connectivity index (χ3n) is 12.2. The smallest absolute Gasteiger partial charge is 0.331 e. The molecule has 232 valence electrons. The number of esters is 1. The Morgan fingerprint density at radius 1 is 1.02 bits per heavy atom. The summed E-state index contributed by atoms with van der Waals surface area (Å²) >= 11 is 0. The van der Waals surface area contributed by atoms with Gasteiger partial charge in [0.05, 0.1) is 47.6 Å². The third-order valence-corrected chi connectivity index (χ3v) is 12.2. The molecular weight excluding hydrogens is 540 g/mol. The summed E-state index contributed by atoms with van der Waals surface area (Å²) in [5.41, 5.74) is -4.46. The van der Waals surface area contributed by atoms with Gasteiger partial charge in [-0.3, -0.25) is 0 Å². The molecule has 12 nitrogen and oxygen atoms in total. The van der Waals surface area contributed by atoms with Crippen LogP contribution in [0.2, 0.25) is 0 Å². The standard InChI is InChI=1S/C29H44O12/c1-13-22(34)23(35)24(36)25(40-13)41-15-8-19(32)28(12-30)21-17(3-5-27(28,37)9-15)29(38)6-4-16(14-7-20(33)39-11-14)26(29,2)10-18(21)31/h7,13,15-19,21-25,30-32,34-38H,3-6,8-12H2,1-2H3/t13-,15+,16+,17+,18+,19+,21+,22-,23+,24+,25-,26+,27-,28+,29-/m0/s1. The van der Waals surface area contributed by atoms with Crippen LogP contribution >= 0.6 is 0 Å². The van der Waals surface area contributed by atoms with Crippen molar-refractivity contribution in [2.45, 2.75) is 119 Å². The molecule has 2 heterocycles. The number of aliphatic hydroxyl groups is 8. The first-order chi connectivity index (χ1) is 19.2. The minimum Gasteiger partial charge on any atom is -0.458 e. The first kappa shape index (κ1) is 29.9. The number of hydrogen-bond acceptors (Lipinski definition) is 12. The van der Waals surface area contributed by atoms with Gasteiger partial charge in [0, 0.05) is 30.3 Å². The van der Waals surface area contributed by atoms with Crippen LogP contribution in [0.3, 0.4) is 0 Å². The zero-order valence-electron chi connectivity index (χ0n) is 23.5. The maximum Gasteiger partial charge on any atom is 0.331 e. The number of fused-ring (bicyclic) bond motifs is 5. The number of rotatable bonds is 4. The number of cyclic esters (lactones) is 1. The van der Waals surface area contributed by atoms with E-state index in [4.69, 9.17) is 14.2 Å². The van der Waals surface area contributed by atoms with Crippen molar-refractivity contribution in [1.29, 1.82) is 0 Å². The molecule has 4 saturated carbocycles. The van der Waals surface area contributed by atoms with Gasteiger partial charge in [-0.05, 0) is 56.4 Å². The largest absolute Gasteiger partial charge is 0.458 e. The molecule has 8 N–H and O–H groups in total. The first-order valence-corrected chi connectivity index (χ1v) is 14.9. The fourth-order valence-corrected chi connectivity index (χ4v) is 10.1. The number of hydrogen-bond donors (Lipinski definition) is 8. The Morgan fingerprint density at radius 2 is 1.76 bits per heavy atom. The van der Waals surface area contributed by atoms with Crippen LogP contribution in [0.25, 0.3) is 0 Å². The highest BCUT2D eigenvalue weighted by molar-refractivity contribution is 5.85. The maximum atomic E-state index is 12.4. The van der Waals surface area contributed by atoms with Crippen molar-refractivity contribution in [1.82, 2.24) is 0 Å². The van der Waals surface area contributed by atoms with Crippen molar-refractivity contribution in [2.24, 2.45) is 28.6 Å². The normalized spacial score (nSPS) is 56.9. The summed E-state index contributed by atoms with van der Waals surface area (Å²) in [6.07, 6.45) is -6.68. The Labute approximate surface area is 238 Å². The molecule has 0 amide bonds. The number of carbonyl (C=O) groups is 1. The van der Waals surface area contributed by atoms with E-state index in [0.717, 1.165) is 5.57 Å². The van der Waals surface area contributed by atoms with E-state index >= 15 is 0 Å². The van der Waals surface area contributed by atoms with Crippen LogP contribution in [0.15, 0.2) is 11.6 Å². The molecule has 12 heteroatoms. The summed E-state index contributed by atoms with van der Waals surface area (Å²) in [6.45, 7) is 3.00. The van der Waals surface area contributed by atoms with Crippen molar-refractivity contribution in [3.05, 3.63) is 11.6 Å². The minimum absolute atomic E-state index is 0.0369. The zero-order valence-corrected chi connectivity index (χ0v) is 23.5. The lowest BCUT2D eigenvalue weighted by atomic mass is 9.40. The van der Waals surface area contributed by atoms with E-state index < -0.39 is 95.5 Å². The zero-order chi connectivity index (χ0) is 29.7. The van der Waals surface area contributed by atoms with E-state index in [-0.39, 0.29) is 38.2 Å². The lowest BCUT2D eigenvalue weighted by Crippen LogP contribution is -2.76. The topological polar surface area (TPSA) is 207 Å². The van der Waals surface area contributed by atoms with Gasteiger partial charge in [0.15, 0.2) is 6.29 Å². The van der Waals surface area contributed by atoms with Gasteiger partial charge in [0.2, 0.25) is 0 Å². The van der Waals surface area contributed by atoms with Gasteiger partial charge in [-0.15, -0.1) is 0 Å². The maximum absolute atomic E-state index is 12.4. The average Bonchev–Trinajstić information content (AvgIpc) is 3.45. The van der Waals surface area contributed by atoms with Crippen molar-refractivity contribution in [3.63, 3.8) is 0 Å². The van der Waals surface area contributed by atoms with E-state index in [1.807, 2.05) is 6.92 Å². The molecule has 0 bridgehead atoms. The molecule has 0 radical (unpaired) electrons. The van der Waals surface area contributed by atoms with Gasteiger partial charge in [-0.25, -0.2) is 4.79 Å². The Bertz CT molecular complexity index is 1080. The van der Waals surface area contributed by atoms with Crippen LogP contribution in [0.1, 0.15) is 58.8 Å². The van der Waals surface area contributed by atoms with Crippen LogP contribution in [0.4, 0.5) is 0 Å². The Balaban J connectivity index is 1.28. The average molecular weight is 585 g/mol. The van der Waals surface area contributed by atoms with Gasteiger partial charge < -0.3 is 55.1 Å². The molecule has 41 heavy (non-hydrogen) atoms. The highest BCUT2D eigenvalue weighted by atomic mass is 16.7. The van der Waals surface area contributed by atoms with E-state index in [2.05, 4.69) is 0 Å². The van der Waals surface area contributed by atoms with Crippen LogP contribution in [0.5, 0.6) is 0 Å². The Hall–Kier alpha value is -1.19. The highest BCUT2D eigenvalue weighted by Gasteiger charge is 2.75. The number of aliphatic hydroxyl groups excluding tert-OH is 6. The van der Waals surface area contributed by atoms with Crippen molar-refractivity contribution in [3.8, 4) is 0 Å². The monoisotopic (exact) mass is 584 g/mol. The van der Waals surface area contributed by atoms with Crippen molar-refractivity contribution in [2.75, 3.05) is 13.2 Å². The Kier molecular flexibility index (Phi) is 7.22. The highest BCUT2D eigenvalue weighted by Crippen LogP contribution is 2.70. The summed E-state index contributed by atoms with van der Waals surface area (Å²) in [7, 11) is 0. The number of ether oxygens (including phenoxy) is 3. The number of carbonyl (C=O) groups excluding carboxylic acids is 1. The lowest BCUT2D eigenvalue weighted by Gasteiger charge is -2.68. The summed E-state index contributed by atoms with van der Waals surface area (Å²) < 4.78 is 16.7. The quantitative estimate of drug-likeness (QED) is 0.140.